The number of para-hydroxylation sites is 1. The van der Waals surface area contributed by atoms with Crippen LogP contribution in [0.15, 0.2) is 59.0 Å². The summed E-state index contributed by atoms with van der Waals surface area (Å²) in [5.74, 6) is 2.89. The zero-order valence-corrected chi connectivity index (χ0v) is 20.6. The molecule has 0 unspecified atom stereocenters. The summed E-state index contributed by atoms with van der Waals surface area (Å²) in [5, 5.41) is 1.08. The van der Waals surface area contributed by atoms with E-state index in [9.17, 15) is 0 Å². The molecule has 0 fully saturated rings. The Hall–Kier alpha value is -3.28. The van der Waals surface area contributed by atoms with Gasteiger partial charge >= 0.3 is 12.8 Å². The smallest absolute Gasteiger partial charge is 0.378 e. The van der Waals surface area contributed by atoms with Gasteiger partial charge in [0.15, 0.2) is 0 Å². The molecule has 0 spiro atoms. The predicted octanol–water partition coefficient (Wildman–Crippen LogP) is 5.40. The van der Waals surface area contributed by atoms with Crippen LogP contribution in [0.1, 0.15) is 63.3 Å². The van der Waals surface area contributed by atoms with Gasteiger partial charge in [-0.05, 0) is 48.8 Å². The largest absolute Gasteiger partial charge is 0.439 e. The van der Waals surface area contributed by atoms with Crippen molar-refractivity contribution in [2.24, 2.45) is 7.05 Å². The molecule has 4 heterocycles. The Morgan fingerprint density at radius 2 is 1.73 bits per heavy atom. The molecule has 3 aromatic heterocycles. The van der Waals surface area contributed by atoms with Crippen molar-refractivity contribution in [2.75, 3.05) is 4.81 Å². The molecule has 1 aliphatic heterocycles. The lowest BCUT2D eigenvalue weighted by Crippen LogP contribution is -2.53. The van der Waals surface area contributed by atoms with Gasteiger partial charge in [0.05, 0.1) is 18.9 Å². The summed E-state index contributed by atoms with van der Waals surface area (Å²) in [6.45, 7) is 13.6. The third kappa shape index (κ3) is 3.31. The van der Waals surface area contributed by atoms with E-state index in [2.05, 4.69) is 110 Å². The predicted molar refractivity (Wildman–Crippen MR) is 137 cm³/mol. The Morgan fingerprint density at radius 3 is 2.39 bits per heavy atom. The van der Waals surface area contributed by atoms with Crippen molar-refractivity contribution in [3.63, 3.8) is 0 Å². The summed E-state index contributed by atoms with van der Waals surface area (Å²) in [4.78, 5) is 6.88. The van der Waals surface area contributed by atoms with Gasteiger partial charge in [-0.15, -0.1) is 0 Å². The summed E-state index contributed by atoms with van der Waals surface area (Å²) < 4.78 is 10.7. The maximum absolute atomic E-state index is 6.12. The number of furan rings is 1. The summed E-state index contributed by atoms with van der Waals surface area (Å²) in [6.07, 6.45) is 8.29. The number of pyridine rings is 1. The van der Waals surface area contributed by atoms with E-state index in [1.54, 1.807) is 6.20 Å². The van der Waals surface area contributed by atoms with Crippen molar-refractivity contribution >= 4 is 35.4 Å². The molecule has 0 atom stereocenters. The van der Waals surface area contributed by atoms with E-state index in [-0.39, 0.29) is 6.85 Å². The Morgan fingerprint density at radius 1 is 1.03 bits per heavy atom. The zero-order valence-electron chi connectivity index (χ0n) is 20.6. The first-order valence-corrected chi connectivity index (χ1v) is 11.8. The van der Waals surface area contributed by atoms with Gasteiger partial charge in [0.25, 0.3) is 0 Å². The highest BCUT2D eigenvalue weighted by atomic mass is 16.3. The topological polar surface area (TPSA) is 38.1 Å². The Kier molecular flexibility index (Phi) is 5.19. The van der Waals surface area contributed by atoms with Crippen LogP contribution in [0.25, 0.3) is 22.9 Å². The maximum atomic E-state index is 6.12. The van der Waals surface area contributed by atoms with Gasteiger partial charge in [0.2, 0.25) is 5.71 Å². The lowest BCUT2D eigenvalue weighted by Gasteiger charge is -2.28. The molecule has 0 aliphatic carbocycles. The lowest BCUT2D eigenvalue weighted by molar-refractivity contribution is -0.657. The Labute approximate surface area is 196 Å². The van der Waals surface area contributed by atoms with Crippen LogP contribution in [0.3, 0.4) is 0 Å². The summed E-state index contributed by atoms with van der Waals surface area (Å²) >= 11 is 0. The van der Waals surface area contributed by atoms with Crippen LogP contribution >= 0.6 is 0 Å². The number of aromatic nitrogens is 3. The van der Waals surface area contributed by atoms with Gasteiger partial charge < -0.3 is 4.42 Å². The van der Waals surface area contributed by atoms with E-state index in [1.165, 1.54) is 22.3 Å². The molecule has 0 bridgehead atoms. The number of allylic oxidation sites excluding steroid dienone is 1. The standard InChI is InChI=1S/C27H32BN4O/c1-17(2)20-10-8-11-21(18(3)4)25(20)31-15-14-30(7)27(31)32-19(5)16-23-24(28(32)6)22-12-9-13-29-26(22)33-23/h8-18H,1-7H3/q+1. The monoisotopic (exact) mass is 439 g/mol. The zero-order chi connectivity index (χ0) is 23.4. The van der Waals surface area contributed by atoms with E-state index in [0.717, 1.165) is 22.8 Å². The second-order valence-electron chi connectivity index (χ2n) is 9.74. The van der Waals surface area contributed by atoms with Crippen molar-refractivity contribution in [2.45, 2.75) is 53.3 Å². The molecule has 5 nitrogen and oxygen atoms in total. The number of hydrogen-bond donors (Lipinski definition) is 0. The van der Waals surface area contributed by atoms with Gasteiger partial charge in [-0.25, -0.2) is 14.1 Å². The fourth-order valence-electron chi connectivity index (χ4n) is 5.25. The summed E-state index contributed by atoms with van der Waals surface area (Å²) in [7, 11) is 2.13. The molecule has 0 radical (unpaired) electrons. The molecule has 1 aliphatic rings. The fourth-order valence-corrected chi connectivity index (χ4v) is 5.25. The van der Waals surface area contributed by atoms with E-state index in [4.69, 9.17) is 4.42 Å². The summed E-state index contributed by atoms with van der Waals surface area (Å²) in [5.41, 5.74) is 7.07. The first kappa shape index (κ1) is 21.6. The molecule has 6 heteroatoms. The molecule has 0 N–H and O–H groups in total. The van der Waals surface area contributed by atoms with Crippen LogP contribution in [0.5, 0.6) is 0 Å². The number of imidazole rings is 1. The van der Waals surface area contributed by atoms with E-state index in [0.29, 0.717) is 17.5 Å². The number of anilines is 1. The van der Waals surface area contributed by atoms with Gasteiger partial charge in [-0.3, -0.25) is 4.81 Å². The van der Waals surface area contributed by atoms with Crippen molar-refractivity contribution in [1.82, 2.24) is 9.55 Å². The molecular formula is C27H32BN4O+. The molecule has 0 saturated heterocycles. The van der Waals surface area contributed by atoms with E-state index >= 15 is 0 Å². The van der Waals surface area contributed by atoms with Crippen molar-refractivity contribution in [1.29, 1.82) is 0 Å². The number of fused-ring (bicyclic) bond motifs is 3. The first-order valence-electron chi connectivity index (χ1n) is 11.8. The van der Waals surface area contributed by atoms with Gasteiger partial charge in [-0.2, -0.15) is 0 Å². The van der Waals surface area contributed by atoms with Gasteiger partial charge in [-0.1, -0.05) is 45.9 Å². The molecule has 5 rings (SSSR count). The van der Waals surface area contributed by atoms with E-state index < -0.39 is 0 Å². The van der Waals surface area contributed by atoms with Crippen molar-refractivity contribution in [3.8, 4) is 5.69 Å². The SMILES string of the molecule is CB1c2c(oc3ncccc23)C=C(C)N1c1n(-c2c(C(C)C)cccc2C(C)C)cc[n+]1C. The second kappa shape index (κ2) is 7.94. The van der Waals surface area contributed by atoms with Crippen LogP contribution < -0.4 is 14.8 Å². The average Bonchev–Trinajstić information content (AvgIpc) is 3.33. The van der Waals surface area contributed by atoms with E-state index in [1.807, 2.05) is 6.07 Å². The fraction of sp³-hybridized carbons (Fsp3) is 0.333. The molecule has 168 valence electrons. The molecule has 4 aromatic rings. The highest BCUT2D eigenvalue weighted by molar-refractivity contribution is 6.79. The molecule has 1 aromatic carbocycles. The number of aryl methyl sites for hydroxylation is 1. The minimum Gasteiger partial charge on any atom is -0.439 e. The normalized spacial score (nSPS) is 13.9. The van der Waals surface area contributed by atoms with Crippen LogP contribution in [-0.4, -0.2) is 16.4 Å². The number of rotatable bonds is 4. The quantitative estimate of drug-likeness (QED) is 0.316. The van der Waals surface area contributed by atoms with Gasteiger partial charge in [0.1, 0.15) is 17.6 Å². The molecule has 0 amide bonds. The molecule has 0 saturated carbocycles. The van der Waals surface area contributed by atoms with Crippen LogP contribution in [0, 0.1) is 0 Å². The number of benzene rings is 1. The third-order valence-electron chi connectivity index (χ3n) is 6.83. The van der Waals surface area contributed by atoms with Crippen LogP contribution in [-0.2, 0) is 7.05 Å². The summed E-state index contributed by atoms with van der Waals surface area (Å²) in [6, 6.07) is 10.8. The first-order chi connectivity index (χ1) is 15.8. The highest BCUT2D eigenvalue weighted by Gasteiger charge is 2.41. The second-order valence-corrected chi connectivity index (χ2v) is 9.74. The Balaban J connectivity index is 1.74. The highest BCUT2D eigenvalue weighted by Crippen LogP contribution is 2.35. The lowest BCUT2D eigenvalue weighted by atomic mass is 9.54. The van der Waals surface area contributed by atoms with Crippen molar-refractivity contribution < 1.29 is 8.98 Å². The van der Waals surface area contributed by atoms with Crippen LogP contribution in [0.4, 0.5) is 5.95 Å². The maximum Gasteiger partial charge on any atom is 0.378 e. The molecule has 33 heavy (non-hydrogen) atoms. The minimum absolute atomic E-state index is 0.101. The van der Waals surface area contributed by atoms with Crippen LogP contribution in [0.2, 0.25) is 6.82 Å². The third-order valence-corrected chi connectivity index (χ3v) is 6.83. The van der Waals surface area contributed by atoms with Gasteiger partial charge in [0, 0.05) is 23.1 Å². The van der Waals surface area contributed by atoms with Crippen molar-refractivity contribution in [3.05, 3.63) is 71.5 Å². The molecular weight excluding hydrogens is 407 g/mol. The Bertz CT molecular complexity index is 1350. The minimum atomic E-state index is 0.101. The average molecular weight is 439 g/mol. The number of hydrogen-bond acceptors (Lipinski definition) is 3. The number of nitrogens with zero attached hydrogens (tertiary/aromatic N) is 4.